The van der Waals surface area contributed by atoms with E-state index in [1.54, 1.807) is 0 Å². The zero-order chi connectivity index (χ0) is 6.78. The van der Waals surface area contributed by atoms with Crippen LogP contribution in [0.4, 0.5) is 13.2 Å². The van der Waals surface area contributed by atoms with Gasteiger partial charge < -0.3 is 0 Å². The van der Waals surface area contributed by atoms with Gasteiger partial charge in [-0.1, -0.05) is 0 Å². The van der Waals surface area contributed by atoms with Gasteiger partial charge in [-0.05, 0) is 0 Å². The third kappa shape index (κ3) is 2.48. The van der Waals surface area contributed by atoms with Gasteiger partial charge in [-0.3, -0.25) is 0 Å². The fourth-order valence-corrected chi connectivity index (χ4v) is 0.586. The maximum atomic E-state index is 11.0. The second-order valence-electron chi connectivity index (χ2n) is 0.903. The molecule has 0 saturated carbocycles. The molecule has 0 aliphatic heterocycles. The quantitative estimate of drug-likeness (QED) is 0.583. The van der Waals surface area contributed by atoms with E-state index in [9.17, 15) is 18.0 Å². The van der Waals surface area contributed by atoms with Crippen LogP contribution < -0.4 is 0 Å². The Hall–Kier alpha value is 0.182. The third-order valence-corrected chi connectivity index (χ3v) is 1.17. The van der Waals surface area contributed by atoms with Gasteiger partial charge in [-0.15, -0.1) is 0 Å². The first-order valence-corrected chi connectivity index (χ1v) is 3.29. The van der Waals surface area contributed by atoms with Crippen LogP contribution in [0.25, 0.3) is 0 Å². The van der Waals surface area contributed by atoms with Gasteiger partial charge in [-0.25, -0.2) is 0 Å². The summed E-state index contributed by atoms with van der Waals surface area (Å²) in [5.41, 5.74) is 0. The van der Waals surface area contributed by atoms with Crippen molar-refractivity contribution in [3.05, 3.63) is 0 Å². The van der Waals surface area contributed by atoms with E-state index >= 15 is 0 Å². The minimum atomic E-state index is -4.81. The number of carbonyl (C=O) groups excluding carboxylic acids is 1. The van der Waals surface area contributed by atoms with Gasteiger partial charge in [0.05, 0.1) is 0 Å². The van der Waals surface area contributed by atoms with E-state index in [4.69, 9.17) is 0 Å². The van der Waals surface area contributed by atoms with E-state index in [1.165, 1.54) is 0 Å². The first-order chi connectivity index (χ1) is 3.48. The Morgan fingerprint density at radius 2 is 1.88 bits per heavy atom. The van der Waals surface area contributed by atoms with Crippen molar-refractivity contribution in [3.8, 4) is 0 Å². The van der Waals surface area contributed by atoms with Crippen molar-refractivity contribution >= 4 is 32.2 Å². The van der Waals surface area contributed by atoms with Crippen LogP contribution in [-0.4, -0.2) is 38.4 Å². The summed E-state index contributed by atoms with van der Waals surface area (Å²) < 4.78 is 36.5. The van der Waals surface area contributed by atoms with Gasteiger partial charge >= 0.3 is 59.0 Å². The molecule has 0 unspecified atom stereocenters. The number of carbonyl (C=O) groups is 1. The molecule has 8 heavy (non-hydrogen) atoms. The molecule has 0 aliphatic rings. The van der Waals surface area contributed by atoms with Crippen LogP contribution in [0.1, 0.15) is 0 Å². The monoisotopic (exact) mass is 322 g/mol. The van der Waals surface area contributed by atoms with Crippen LogP contribution in [-0.2, 0) is 7.48 Å². The van der Waals surface area contributed by atoms with Crippen molar-refractivity contribution in [2.45, 2.75) is 6.18 Å². The molecule has 0 heterocycles. The second kappa shape index (κ2) is 2.65. The zero-order valence-electron chi connectivity index (χ0n) is 3.53. The molecule has 2 nitrogen and oxygen atoms in total. The molecule has 46 valence electrons. The molecule has 0 N–H and O–H groups in total. The summed E-state index contributed by atoms with van der Waals surface area (Å²) in [5, 5.41) is 0. The van der Waals surface area contributed by atoms with E-state index in [1.807, 2.05) is 0 Å². The molecule has 0 rings (SSSR count). The Labute approximate surface area is 59.3 Å². The van der Waals surface area contributed by atoms with Crippen molar-refractivity contribution in [1.82, 2.24) is 0 Å². The molecule has 0 spiro atoms. The van der Waals surface area contributed by atoms with Gasteiger partial charge in [0.2, 0.25) is 0 Å². The van der Waals surface area contributed by atoms with E-state index in [0.717, 1.165) is 0 Å². The van der Waals surface area contributed by atoms with Crippen LogP contribution in [0, 0.1) is 0 Å². The molecule has 0 atom stereocenters. The fourth-order valence-electron chi connectivity index (χ4n) is 0.0668. The zero-order valence-corrected chi connectivity index (χ0v) is 8.02. The van der Waals surface area contributed by atoms with E-state index in [-0.39, 0.29) is 0 Å². The maximum absolute atomic E-state index is 11.0. The number of rotatable bonds is 0. The van der Waals surface area contributed by atoms with Crippen LogP contribution in [0.2, 0.25) is 0 Å². The van der Waals surface area contributed by atoms with Gasteiger partial charge in [-0.2, -0.15) is 0 Å². The fraction of sp³-hybridized carbons (Fsp3) is 0.500. The summed E-state index contributed by atoms with van der Waals surface area (Å²) in [7, 11) is 0. The number of hydrogen-bond acceptors (Lipinski definition) is 2. The molecule has 6 heteroatoms. The molecular formula is C2HF3O2Pb. The average molecular weight is 321 g/mol. The third-order valence-electron chi connectivity index (χ3n) is 0.338. The van der Waals surface area contributed by atoms with E-state index < -0.39 is 38.4 Å². The first kappa shape index (κ1) is 8.18. The Bertz CT molecular complexity index is 97.9. The summed E-state index contributed by atoms with van der Waals surface area (Å²) in [4.78, 5) is 9.53. The molecule has 0 aliphatic carbocycles. The van der Waals surface area contributed by atoms with Crippen LogP contribution in [0.15, 0.2) is 0 Å². The molecule has 0 amide bonds. The molecule has 0 saturated heterocycles. The number of alkyl halides is 3. The molecule has 0 fully saturated rings. The summed E-state index contributed by atoms with van der Waals surface area (Å²) in [6.07, 6.45) is -4.81. The SMILES string of the molecule is O=C([O][PbH])C(F)(F)F. The molecule has 0 aromatic rings. The van der Waals surface area contributed by atoms with Crippen molar-refractivity contribution in [3.63, 3.8) is 0 Å². The predicted molar refractivity (Wildman–Crippen MR) is 19.3 cm³/mol. The molecular weight excluding hydrogens is 320 g/mol. The normalized spacial score (nSPS) is 11.0. The Morgan fingerprint density at radius 1 is 1.50 bits per heavy atom. The molecule has 0 bridgehead atoms. The van der Waals surface area contributed by atoms with E-state index in [0.29, 0.717) is 0 Å². The number of hydrogen-bond donors (Lipinski definition) is 0. The van der Waals surface area contributed by atoms with Gasteiger partial charge in [0.15, 0.2) is 0 Å². The topological polar surface area (TPSA) is 26.3 Å². The predicted octanol–water partition coefficient (Wildman–Crippen LogP) is -0.0923. The van der Waals surface area contributed by atoms with Crippen LogP contribution in [0.3, 0.4) is 0 Å². The molecule has 0 aromatic heterocycles. The summed E-state index contributed by atoms with van der Waals surface area (Å²) >= 11 is -0.394. The van der Waals surface area contributed by atoms with Gasteiger partial charge in [0, 0.05) is 0 Å². The van der Waals surface area contributed by atoms with Crippen LogP contribution >= 0.6 is 0 Å². The minimum absolute atomic E-state index is 0.394. The Kier molecular flexibility index (Phi) is 2.71. The Balaban J connectivity index is 3.82. The summed E-state index contributed by atoms with van der Waals surface area (Å²) in [5.74, 6) is -2.09. The first-order valence-electron chi connectivity index (χ1n) is 1.46. The van der Waals surface area contributed by atoms with Crippen molar-refractivity contribution in [2.75, 3.05) is 0 Å². The summed E-state index contributed by atoms with van der Waals surface area (Å²) in [6.45, 7) is 0. The van der Waals surface area contributed by atoms with Gasteiger partial charge in [0.1, 0.15) is 0 Å². The standard InChI is InChI=1S/C2HF3O2.Pb.H/c3-2(4,5)1(6)7;;/h(H,6,7);;/q;+1;/p-1. The van der Waals surface area contributed by atoms with E-state index in [2.05, 4.69) is 2.69 Å². The van der Waals surface area contributed by atoms with Crippen LogP contribution in [0.5, 0.6) is 0 Å². The van der Waals surface area contributed by atoms with Gasteiger partial charge in [0.25, 0.3) is 0 Å². The number of halogens is 3. The van der Waals surface area contributed by atoms with Crippen molar-refractivity contribution in [2.24, 2.45) is 0 Å². The van der Waals surface area contributed by atoms with Crippen molar-refractivity contribution < 1.29 is 20.7 Å². The average Bonchev–Trinajstić information content (AvgIpc) is 1.62. The Morgan fingerprint density at radius 3 is 1.88 bits per heavy atom. The second-order valence-corrected chi connectivity index (χ2v) is 1.82. The molecule has 2 radical (unpaired) electrons. The molecule has 0 aromatic carbocycles. The van der Waals surface area contributed by atoms with Crippen molar-refractivity contribution in [1.29, 1.82) is 0 Å². The summed E-state index contributed by atoms with van der Waals surface area (Å²) in [6, 6.07) is 0.